The van der Waals surface area contributed by atoms with Gasteiger partial charge in [-0.2, -0.15) is 0 Å². The van der Waals surface area contributed by atoms with Crippen LogP contribution in [0, 0.1) is 0 Å². The monoisotopic (exact) mass is 368 g/mol. The molecule has 0 bridgehead atoms. The third-order valence-electron chi connectivity index (χ3n) is 3.78. The molecule has 0 N–H and O–H groups in total. The van der Waals surface area contributed by atoms with Crippen molar-refractivity contribution in [3.05, 3.63) is 78.9 Å². The van der Waals surface area contributed by atoms with Crippen molar-refractivity contribution in [3.63, 3.8) is 0 Å². The maximum absolute atomic E-state index is 13.7. The van der Waals surface area contributed by atoms with Crippen molar-refractivity contribution >= 4 is 12.9 Å². The smallest absolute Gasteiger partial charge is 0.462 e. The summed E-state index contributed by atoms with van der Waals surface area (Å²) in [5.41, 5.74) is 0. The van der Waals surface area contributed by atoms with Crippen molar-refractivity contribution in [3.8, 4) is 23.0 Å². The lowest BCUT2D eigenvalue weighted by Crippen LogP contribution is -2.19. The maximum Gasteiger partial charge on any atom is 0.462 e. The van der Waals surface area contributed by atoms with Crippen LogP contribution in [0.25, 0.3) is 0 Å². The van der Waals surface area contributed by atoms with E-state index in [0.717, 1.165) is 0 Å². The first-order valence-corrected chi connectivity index (χ1v) is 9.77. The molecule has 0 aliphatic carbocycles. The zero-order valence-corrected chi connectivity index (χ0v) is 14.8. The van der Waals surface area contributed by atoms with E-state index in [1.165, 1.54) is 0 Å². The van der Waals surface area contributed by atoms with Crippen LogP contribution in [0.15, 0.2) is 78.9 Å². The Labute approximate surface area is 151 Å². The molecule has 0 unspecified atom stereocenters. The van der Waals surface area contributed by atoms with Gasteiger partial charge in [-0.3, -0.25) is 0 Å². The molecule has 6 heteroatoms. The van der Waals surface area contributed by atoms with Crippen molar-refractivity contribution < 1.29 is 23.1 Å². The summed E-state index contributed by atoms with van der Waals surface area (Å²) in [6.07, 6.45) is 0. The molecule has 0 amide bonds. The minimum atomic E-state index is -3.70. The molecular weight excluding hydrogens is 351 g/mol. The zero-order chi connectivity index (χ0) is 17.8. The molecule has 0 aromatic heterocycles. The molecular formula is C20H17O5P. The Morgan fingerprint density at radius 2 is 1.23 bits per heavy atom. The second kappa shape index (κ2) is 7.14. The second-order valence-electron chi connectivity index (χ2n) is 5.63. The number of rotatable bonds is 5. The fourth-order valence-corrected chi connectivity index (χ4v) is 4.15. The van der Waals surface area contributed by atoms with Crippen LogP contribution in [-0.4, -0.2) is 13.2 Å². The summed E-state index contributed by atoms with van der Waals surface area (Å²) >= 11 is 0. The Kier molecular flexibility index (Phi) is 4.55. The number of hydrogen-bond donors (Lipinski definition) is 0. The number of fused-ring (bicyclic) bond motifs is 1. The van der Waals surface area contributed by atoms with E-state index in [1.807, 2.05) is 36.4 Å². The van der Waals surface area contributed by atoms with Crippen molar-refractivity contribution in [2.24, 2.45) is 0 Å². The van der Waals surface area contributed by atoms with Gasteiger partial charge in [-0.05, 0) is 36.4 Å². The van der Waals surface area contributed by atoms with Gasteiger partial charge >= 0.3 is 7.60 Å². The Hall–Kier alpha value is -2.91. The molecule has 0 saturated heterocycles. The van der Waals surface area contributed by atoms with E-state index in [0.29, 0.717) is 41.5 Å². The van der Waals surface area contributed by atoms with E-state index in [1.54, 1.807) is 42.5 Å². The molecule has 1 heterocycles. The average Bonchev–Trinajstić information content (AvgIpc) is 2.69. The topological polar surface area (TPSA) is 54.0 Å². The summed E-state index contributed by atoms with van der Waals surface area (Å²) < 4.78 is 36.5. The number of benzene rings is 3. The van der Waals surface area contributed by atoms with E-state index in [9.17, 15) is 4.57 Å². The fraction of sp³-hybridized carbons (Fsp3) is 0.100. The first kappa shape index (κ1) is 16.6. The summed E-state index contributed by atoms with van der Waals surface area (Å²) in [5.74, 6) is 2.07. The van der Waals surface area contributed by atoms with Gasteiger partial charge in [0.25, 0.3) is 0 Å². The summed E-state index contributed by atoms with van der Waals surface area (Å²) in [7, 11) is -3.70. The standard InChI is InChI=1S/C20H17O5P/c21-26(24-16-7-3-1-4-8-16,25-17-9-5-2-6-10-17)18-11-12-19-20(15-18)23-14-13-22-19/h1-12,15H,13-14H2. The lowest BCUT2D eigenvalue weighted by molar-refractivity contribution is 0.171. The highest BCUT2D eigenvalue weighted by atomic mass is 31.2. The average molecular weight is 368 g/mol. The van der Waals surface area contributed by atoms with E-state index in [-0.39, 0.29) is 0 Å². The summed E-state index contributed by atoms with van der Waals surface area (Å²) in [6.45, 7) is 0.935. The van der Waals surface area contributed by atoms with Crippen LogP contribution in [-0.2, 0) is 4.57 Å². The zero-order valence-electron chi connectivity index (χ0n) is 13.9. The van der Waals surface area contributed by atoms with E-state index in [4.69, 9.17) is 18.5 Å². The molecule has 1 aliphatic heterocycles. The van der Waals surface area contributed by atoms with Crippen LogP contribution < -0.4 is 23.8 Å². The Balaban J connectivity index is 1.73. The van der Waals surface area contributed by atoms with E-state index < -0.39 is 7.60 Å². The molecule has 4 rings (SSSR count). The van der Waals surface area contributed by atoms with Gasteiger partial charge in [0, 0.05) is 6.07 Å². The number of ether oxygens (including phenoxy) is 2. The summed E-state index contributed by atoms with van der Waals surface area (Å²) in [4.78, 5) is 0. The molecule has 132 valence electrons. The third-order valence-corrected chi connectivity index (χ3v) is 5.59. The Morgan fingerprint density at radius 3 is 1.81 bits per heavy atom. The van der Waals surface area contributed by atoms with Crippen molar-refractivity contribution in [1.82, 2.24) is 0 Å². The summed E-state index contributed by atoms with van der Waals surface area (Å²) in [6, 6.07) is 23.0. The molecule has 0 atom stereocenters. The second-order valence-corrected chi connectivity index (χ2v) is 7.51. The van der Waals surface area contributed by atoms with Gasteiger partial charge in [-0.15, -0.1) is 0 Å². The highest BCUT2D eigenvalue weighted by Gasteiger charge is 2.33. The Morgan fingerprint density at radius 1 is 0.692 bits per heavy atom. The SMILES string of the molecule is O=P(Oc1ccccc1)(Oc1ccccc1)c1ccc2c(c1)OCCO2. The normalized spacial score (nSPS) is 13.1. The molecule has 0 saturated carbocycles. The van der Waals surface area contributed by atoms with Gasteiger partial charge in [-0.25, -0.2) is 4.57 Å². The first-order chi connectivity index (χ1) is 12.7. The van der Waals surface area contributed by atoms with Gasteiger partial charge in [-0.1, -0.05) is 36.4 Å². The van der Waals surface area contributed by atoms with Crippen LogP contribution in [0.5, 0.6) is 23.0 Å². The van der Waals surface area contributed by atoms with Crippen LogP contribution in [0.2, 0.25) is 0 Å². The number of para-hydroxylation sites is 2. The molecule has 0 radical (unpaired) electrons. The fourth-order valence-electron chi connectivity index (χ4n) is 2.57. The summed E-state index contributed by atoms with van der Waals surface area (Å²) in [5, 5.41) is 0.398. The maximum atomic E-state index is 13.7. The third kappa shape index (κ3) is 3.53. The highest BCUT2D eigenvalue weighted by molar-refractivity contribution is 7.63. The molecule has 3 aromatic carbocycles. The predicted molar refractivity (Wildman–Crippen MR) is 98.8 cm³/mol. The molecule has 1 aliphatic rings. The molecule has 3 aromatic rings. The Bertz CT molecular complexity index is 882. The van der Waals surface area contributed by atoms with E-state index >= 15 is 0 Å². The number of hydrogen-bond acceptors (Lipinski definition) is 5. The largest absolute Gasteiger partial charge is 0.486 e. The molecule has 5 nitrogen and oxygen atoms in total. The minimum Gasteiger partial charge on any atom is -0.486 e. The lowest BCUT2D eigenvalue weighted by Gasteiger charge is -2.23. The predicted octanol–water partition coefficient (Wildman–Crippen LogP) is 4.43. The van der Waals surface area contributed by atoms with Crippen molar-refractivity contribution in [2.75, 3.05) is 13.2 Å². The van der Waals surface area contributed by atoms with Crippen LogP contribution in [0.3, 0.4) is 0 Å². The molecule has 0 fully saturated rings. The van der Waals surface area contributed by atoms with Gasteiger partial charge < -0.3 is 18.5 Å². The highest BCUT2D eigenvalue weighted by Crippen LogP contribution is 2.48. The van der Waals surface area contributed by atoms with Crippen molar-refractivity contribution in [2.45, 2.75) is 0 Å². The van der Waals surface area contributed by atoms with E-state index in [2.05, 4.69) is 0 Å². The molecule has 0 spiro atoms. The van der Waals surface area contributed by atoms with Gasteiger partial charge in [0.2, 0.25) is 0 Å². The van der Waals surface area contributed by atoms with Gasteiger partial charge in [0.15, 0.2) is 11.5 Å². The molecule has 26 heavy (non-hydrogen) atoms. The van der Waals surface area contributed by atoms with Gasteiger partial charge in [0.1, 0.15) is 24.7 Å². The van der Waals surface area contributed by atoms with Crippen LogP contribution >= 0.6 is 7.60 Å². The van der Waals surface area contributed by atoms with Gasteiger partial charge in [0.05, 0.1) is 5.30 Å². The van der Waals surface area contributed by atoms with Crippen LogP contribution in [0.4, 0.5) is 0 Å². The quantitative estimate of drug-likeness (QED) is 0.624. The minimum absolute atomic E-state index is 0.398. The lowest BCUT2D eigenvalue weighted by atomic mass is 10.3. The van der Waals surface area contributed by atoms with Crippen molar-refractivity contribution in [1.29, 1.82) is 0 Å². The first-order valence-electron chi connectivity index (χ1n) is 8.22. The van der Waals surface area contributed by atoms with Crippen LogP contribution in [0.1, 0.15) is 0 Å².